The Bertz CT molecular complexity index is 944. The summed E-state index contributed by atoms with van der Waals surface area (Å²) in [6.07, 6.45) is 0.316. The molecule has 0 bridgehead atoms. The summed E-state index contributed by atoms with van der Waals surface area (Å²) < 4.78 is 44.2. The minimum atomic E-state index is -4.42. The summed E-state index contributed by atoms with van der Waals surface area (Å²) in [5.74, 6) is 0.0755. The largest absolute Gasteiger partial charge is 0.416 e. The molecule has 0 spiro atoms. The van der Waals surface area contributed by atoms with Crippen LogP contribution in [-0.4, -0.2) is 33.4 Å². The van der Waals surface area contributed by atoms with E-state index in [9.17, 15) is 13.2 Å². The summed E-state index contributed by atoms with van der Waals surface area (Å²) in [5.41, 5.74) is 2.20. The summed E-state index contributed by atoms with van der Waals surface area (Å²) in [7, 11) is 1.59. The molecule has 0 saturated heterocycles. The minimum Gasteiger partial charge on any atom is -0.381 e. The van der Waals surface area contributed by atoms with Gasteiger partial charge < -0.3 is 9.72 Å². The predicted octanol–water partition coefficient (Wildman–Crippen LogP) is 4.85. The van der Waals surface area contributed by atoms with Crippen molar-refractivity contribution in [3.63, 3.8) is 0 Å². The maximum absolute atomic E-state index is 12.9. The molecular formula is C19H20ClF3N4O. The maximum atomic E-state index is 12.9. The van der Waals surface area contributed by atoms with Crippen molar-refractivity contribution >= 4 is 22.6 Å². The van der Waals surface area contributed by atoms with Gasteiger partial charge in [0.2, 0.25) is 0 Å². The molecule has 1 N–H and O–H groups in total. The highest BCUT2D eigenvalue weighted by Gasteiger charge is 2.31. The van der Waals surface area contributed by atoms with E-state index >= 15 is 0 Å². The molecule has 2 unspecified atom stereocenters. The van der Waals surface area contributed by atoms with Gasteiger partial charge in [0.1, 0.15) is 5.52 Å². The van der Waals surface area contributed by atoms with Crippen LogP contribution < -0.4 is 0 Å². The van der Waals surface area contributed by atoms with Crippen molar-refractivity contribution in [3.05, 3.63) is 52.6 Å². The Morgan fingerprint density at radius 2 is 2.04 bits per heavy atom. The van der Waals surface area contributed by atoms with Crippen molar-refractivity contribution in [1.82, 2.24) is 20.2 Å². The number of ether oxygens (including phenoxy) is 1. The molecule has 2 aromatic heterocycles. The molecule has 5 nitrogen and oxygen atoms in total. The van der Waals surface area contributed by atoms with Gasteiger partial charge in [0.15, 0.2) is 0 Å². The average molecular weight is 413 g/mol. The molecule has 3 rings (SSSR count). The van der Waals surface area contributed by atoms with Crippen LogP contribution in [0.25, 0.3) is 11.0 Å². The third-order valence-electron chi connectivity index (χ3n) is 4.93. The minimum absolute atomic E-state index is 0.0755. The van der Waals surface area contributed by atoms with Gasteiger partial charge in [0.05, 0.1) is 35.4 Å². The lowest BCUT2D eigenvalue weighted by molar-refractivity contribution is -0.137. The highest BCUT2D eigenvalue weighted by atomic mass is 35.5. The lowest BCUT2D eigenvalue weighted by Crippen LogP contribution is -2.27. The maximum Gasteiger partial charge on any atom is 0.416 e. The van der Waals surface area contributed by atoms with Gasteiger partial charge in [0.25, 0.3) is 0 Å². The van der Waals surface area contributed by atoms with E-state index in [1.807, 2.05) is 6.92 Å². The number of aromatic nitrogens is 4. The smallest absolute Gasteiger partial charge is 0.381 e. The summed E-state index contributed by atoms with van der Waals surface area (Å²) in [5, 5.41) is 8.29. The van der Waals surface area contributed by atoms with E-state index in [0.29, 0.717) is 18.4 Å². The molecule has 150 valence electrons. The number of methoxy groups -OCH3 is 1. The normalized spacial score (nSPS) is 14.4. The number of nitrogens with zero attached hydrogens (tertiary/aromatic N) is 3. The average Bonchev–Trinajstić information content (AvgIpc) is 3.14. The Balaban J connectivity index is 1.80. The predicted molar refractivity (Wildman–Crippen MR) is 100 cm³/mol. The first kappa shape index (κ1) is 20.5. The number of hydrogen-bond acceptors (Lipinski definition) is 4. The van der Waals surface area contributed by atoms with E-state index in [1.54, 1.807) is 19.6 Å². The molecule has 0 aliphatic heterocycles. The molecule has 28 heavy (non-hydrogen) atoms. The first-order valence-corrected chi connectivity index (χ1v) is 9.23. The van der Waals surface area contributed by atoms with E-state index in [0.717, 1.165) is 35.3 Å². The molecule has 0 radical (unpaired) electrons. The fraction of sp³-hybridized carbons (Fsp3) is 0.421. The number of hydrogen-bond donors (Lipinski definition) is 1. The van der Waals surface area contributed by atoms with Crippen LogP contribution in [0.3, 0.4) is 0 Å². The van der Waals surface area contributed by atoms with Gasteiger partial charge in [-0.15, -0.1) is 0 Å². The summed E-state index contributed by atoms with van der Waals surface area (Å²) in [6.45, 7) is 2.03. The molecule has 9 heteroatoms. The van der Waals surface area contributed by atoms with Gasteiger partial charge in [-0.2, -0.15) is 23.4 Å². The van der Waals surface area contributed by atoms with Crippen LogP contribution in [-0.2, 0) is 23.8 Å². The number of alkyl halides is 3. The Morgan fingerprint density at radius 3 is 2.68 bits per heavy atom. The molecule has 2 atom stereocenters. The van der Waals surface area contributed by atoms with Crippen LogP contribution in [0.15, 0.2) is 30.7 Å². The molecule has 0 aliphatic rings. The third kappa shape index (κ3) is 4.44. The van der Waals surface area contributed by atoms with Crippen LogP contribution in [0.5, 0.6) is 0 Å². The number of halogens is 4. The van der Waals surface area contributed by atoms with Crippen LogP contribution in [0.4, 0.5) is 13.2 Å². The lowest BCUT2D eigenvalue weighted by atomic mass is 9.89. The van der Waals surface area contributed by atoms with Crippen LogP contribution in [0.2, 0.25) is 5.02 Å². The van der Waals surface area contributed by atoms with Gasteiger partial charge >= 0.3 is 6.18 Å². The van der Waals surface area contributed by atoms with Crippen LogP contribution >= 0.6 is 11.6 Å². The van der Waals surface area contributed by atoms with E-state index < -0.39 is 11.7 Å². The molecule has 1 aromatic carbocycles. The number of nitrogens with one attached hydrogen (secondary N) is 1. The Labute approximate surface area is 165 Å². The first-order chi connectivity index (χ1) is 13.3. The van der Waals surface area contributed by atoms with E-state index in [1.165, 1.54) is 6.07 Å². The molecule has 3 aromatic rings. The standard InChI is InChI=1S/C19H20ClF3N4O/c1-3-11(6-15-18-16(9-26-27-15)24-10-25-18)17(28-2)7-12-4-5-13(8-14(12)20)19(21,22)23/h4-5,8-11,17H,3,6-7H2,1-2H3,(H,24,25). The molecule has 0 saturated carbocycles. The van der Waals surface area contributed by atoms with Crippen molar-refractivity contribution in [1.29, 1.82) is 0 Å². The Morgan fingerprint density at radius 1 is 1.25 bits per heavy atom. The topological polar surface area (TPSA) is 63.7 Å². The number of rotatable bonds is 7. The zero-order chi connectivity index (χ0) is 20.3. The molecule has 0 amide bonds. The van der Waals surface area contributed by atoms with E-state index in [-0.39, 0.29) is 17.0 Å². The van der Waals surface area contributed by atoms with Crippen molar-refractivity contribution < 1.29 is 17.9 Å². The van der Waals surface area contributed by atoms with Crippen molar-refractivity contribution in [2.75, 3.05) is 7.11 Å². The van der Waals surface area contributed by atoms with Gasteiger partial charge in [0, 0.05) is 18.6 Å². The van der Waals surface area contributed by atoms with Crippen molar-refractivity contribution in [2.24, 2.45) is 5.92 Å². The van der Waals surface area contributed by atoms with Crippen LogP contribution in [0.1, 0.15) is 30.2 Å². The van der Waals surface area contributed by atoms with Gasteiger partial charge in [-0.05, 0) is 30.0 Å². The second-order valence-corrected chi connectivity index (χ2v) is 7.02. The zero-order valence-electron chi connectivity index (χ0n) is 15.4. The van der Waals surface area contributed by atoms with Gasteiger partial charge in [-0.25, -0.2) is 4.98 Å². The van der Waals surface area contributed by atoms with E-state index in [2.05, 4.69) is 20.2 Å². The Hall–Kier alpha value is -2.19. The number of fused-ring (bicyclic) bond motifs is 1. The quantitative estimate of drug-likeness (QED) is 0.602. The number of benzene rings is 1. The highest BCUT2D eigenvalue weighted by Crippen LogP contribution is 2.33. The fourth-order valence-electron chi connectivity index (χ4n) is 3.32. The second-order valence-electron chi connectivity index (χ2n) is 6.61. The SMILES string of the molecule is CCC(Cc1nncc2nc[nH]c12)C(Cc1ccc(C(F)(F)F)cc1Cl)OC. The number of H-pyrrole nitrogens is 1. The molecule has 2 heterocycles. The molecule has 0 fully saturated rings. The fourth-order valence-corrected chi connectivity index (χ4v) is 3.57. The third-order valence-corrected chi connectivity index (χ3v) is 5.28. The van der Waals surface area contributed by atoms with Crippen molar-refractivity contribution in [3.8, 4) is 0 Å². The zero-order valence-corrected chi connectivity index (χ0v) is 16.2. The first-order valence-electron chi connectivity index (χ1n) is 8.85. The van der Waals surface area contributed by atoms with Gasteiger partial charge in [-0.3, -0.25) is 0 Å². The number of imidazole rings is 1. The Kier molecular flexibility index (Phi) is 6.20. The highest BCUT2D eigenvalue weighted by molar-refractivity contribution is 6.31. The lowest BCUT2D eigenvalue weighted by Gasteiger charge is -2.25. The van der Waals surface area contributed by atoms with Gasteiger partial charge in [-0.1, -0.05) is 31.0 Å². The monoisotopic (exact) mass is 412 g/mol. The summed E-state index contributed by atoms with van der Waals surface area (Å²) >= 11 is 6.12. The molecule has 0 aliphatic carbocycles. The van der Waals surface area contributed by atoms with E-state index in [4.69, 9.17) is 16.3 Å². The molecular weight excluding hydrogens is 393 g/mol. The summed E-state index contributed by atoms with van der Waals surface area (Å²) in [4.78, 5) is 7.26. The summed E-state index contributed by atoms with van der Waals surface area (Å²) in [6, 6.07) is 3.42. The van der Waals surface area contributed by atoms with Crippen molar-refractivity contribution in [2.45, 2.75) is 38.5 Å². The second kappa shape index (κ2) is 8.45. The number of aromatic amines is 1. The van der Waals surface area contributed by atoms with Crippen LogP contribution in [0, 0.1) is 5.92 Å².